The van der Waals surface area contributed by atoms with Gasteiger partial charge >= 0.3 is 6.09 Å². The Bertz CT molecular complexity index is 806. The molecule has 1 unspecified atom stereocenters. The molecule has 13 heteroatoms. The summed E-state index contributed by atoms with van der Waals surface area (Å²) in [4.78, 5) is 41.9. The highest BCUT2D eigenvalue weighted by molar-refractivity contribution is 5.90. The molecule has 1 aromatic rings. The number of carbonyl (C=O) groups is 3. The molecule has 0 aliphatic carbocycles. The summed E-state index contributed by atoms with van der Waals surface area (Å²) < 4.78 is 5.11. The summed E-state index contributed by atoms with van der Waals surface area (Å²) in [5.74, 6) is -1.03. The molecule has 0 radical (unpaired) electrons. The molecular weight excluding hydrogens is 406 g/mol. The maximum absolute atomic E-state index is 12.4. The van der Waals surface area contributed by atoms with Crippen LogP contribution in [-0.2, 0) is 20.9 Å². The normalized spacial score (nSPS) is 10.6. The zero-order valence-electron chi connectivity index (χ0n) is 16.9. The molecule has 31 heavy (non-hydrogen) atoms. The van der Waals surface area contributed by atoms with Crippen LogP contribution >= 0.6 is 0 Å². The average molecular weight is 431 g/mol. The third-order valence-electron chi connectivity index (χ3n) is 3.83. The fraction of sp³-hybridized carbons (Fsp3) is 0.500. The summed E-state index contributed by atoms with van der Waals surface area (Å²) in [6, 6.07) is 7.85. The van der Waals surface area contributed by atoms with Gasteiger partial charge in [0.25, 0.3) is 0 Å². The standard InChI is InChI=1S/C18H25N9O4/c19-26-23-10-4-8-21-16(28)12-15(17(29)22-9-5-11-24-27-20)25-18(30)31-13-14-6-2-1-3-7-14/h1-3,6-7,15H,4-5,8-13H2,(H,21,28)(H,22,29)(H,25,30). The average Bonchev–Trinajstić information content (AvgIpc) is 2.77. The molecule has 0 aliphatic heterocycles. The molecule has 0 aliphatic rings. The molecule has 0 fully saturated rings. The second kappa shape index (κ2) is 15.9. The summed E-state index contributed by atoms with van der Waals surface area (Å²) >= 11 is 0. The zero-order valence-corrected chi connectivity index (χ0v) is 16.9. The predicted octanol–water partition coefficient (Wildman–Crippen LogP) is 2.30. The molecule has 0 aromatic heterocycles. The number of nitrogens with one attached hydrogen (secondary N) is 3. The minimum absolute atomic E-state index is 0.0127. The van der Waals surface area contributed by atoms with Gasteiger partial charge in [0.15, 0.2) is 0 Å². The maximum Gasteiger partial charge on any atom is 0.408 e. The first-order valence-corrected chi connectivity index (χ1v) is 9.60. The molecule has 0 saturated heterocycles. The molecule has 1 aromatic carbocycles. The van der Waals surface area contributed by atoms with E-state index in [4.69, 9.17) is 15.8 Å². The topological polar surface area (TPSA) is 194 Å². The number of nitrogens with zero attached hydrogens (tertiary/aromatic N) is 6. The third-order valence-corrected chi connectivity index (χ3v) is 3.83. The van der Waals surface area contributed by atoms with E-state index >= 15 is 0 Å². The van der Waals surface area contributed by atoms with Crippen LogP contribution in [0.5, 0.6) is 0 Å². The second-order valence-corrected chi connectivity index (χ2v) is 6.22. The maximum atomic E-state index is 12.4. The van der Waals surface area contributed by atoms with Crippen LogP contribution in [0.4, 0.5) is 4.79 Å². The number of carbonyl (C=O) groups excluding carboxylic acids is 3. The Labute approximate surface area is 178 Å². The van der Waals surface area contributed by atoms with Crippen molar-refractivity contribution in [1.29, 1.82) is 0 Å². The van der Waals surface area contributed by atoms with E-state index in [1.165, 1.54) is 0 Å². The fourth-order valence-electron chi connectivity index (χ4n) is 2.33. The molecule has 0 heterocycles. The highest BCUT2D eigenvalue weighted by Gasteiger charge is 2.24. The van der Waals surface area contributed by atoms with E-state index in [1.54, 1.807) is 24.3 Å². The summed E-state index contributed by atoms with van der Waals surface area (Å²) in [6.45, 7) is 0.925. The Hall–Kier alpha value is -3.95. The van der Waals surface area contributed by atoms with E-state index in [1.807, 2.05) is 6.07 Å². The van der Waals surface area contributed by atoms with Crippen molar-refractivity contribution >= 4 is 17.9 Å². The van der Waals surface area contributed by atoms with Gasteiger partial charge in [0, 0.05) is 36.0 Å². The lowest BCUT2D eigenvalue weighted by Gasteiger charge is -2.18. The molecule has 166 valence electrons. The van der Waals surface area contributed by atoms with E-state index in [2.05, 4.69) is 36.0 Å². The van der Waals surface area contributed by atoms with Gasteiger partial charge in [-0.05, 0) is 29.5 Å². The highest BCUT2D eigenvalue weighted by atomic mass is 16.5. The second-order valence-electron chi connectivity index (χ2n) is 6.22. The van der Waals surface area contributed by atoms with Crippen molar-refractivity contribution in [3.63, 3.8) is 0 Å². The Morgan fingerprint density at radius 2 is 1.58 bits per heavy atom. The molecule has 1 rings (SSSR count). The lowest BCUT2D eigenvalue weighted by atomic mass is 10.1. The van der Waals surface area contributed by atoms with Crippen molar-refractivity contribution in [3.8, 4) is 0 Å². The number of alkyl carbamates (subject to hydrolysis) is 1. The zero-order chi connectivity index (χ0) is 22.7. The van der Waals surface area contributed by atoms with Gasteiger partial charge in [-0.3, -0.25) is 9.59 Å². The number of benzene rings is 1. The highest BCUT2D eigenvalue weighted by Crippen LogP contribution is 2.02. The number of hydrogen-bond acceptors (Lipinski definition) is 6. The van der Waals surface area contributed by atoms with Crippen molar-refractivity contribution in [2.24, 2.45) is 10.2 Å². The molecular formula is C18H25N9O4. The number of ether oxygens (including phenoxy) is 1. The van der Waals surface area contributed by atoms with Gasteiger partial charge in [0.05, 0.1) is 6.42 Å². The van der Waals surface area contributed by atoms with Gasteiger partial charge in [0.1, 0.15) is 12.6 Å². The van der Waals surface area contributed by atoms with Gasteiger partial charge in [-0.2, -0.15) is 0 Å². The van der Waals surface area contributed by atoms with E-state index < -0.39 is 23.9 Å². The smallest absolute Gasteiger partial charge is 0.408 e. The summed E-state index contributed by atoms with van der Waals surface area (Å²) in [5, 5.41) is 14.3. The van der Waals surface area contributed by atoms with Crippen molar-refractivity contribution in [3.05, 3.63) is 56.8 Å². The summed E-state index contributed by atoms with van der Waals surface area (Å²) in [5.41, 5.74) is 17.3. The largest absolute Gasteiger partial charge is 0.445 e. The Balaban J connectivity index is 2.57. The summed E-state index contributed by atoms with van der Waals surface area (Å²) in [6.07, 6.45) is -0.288. The number of azide groups is 2. The van der Waals surface area contributed by atoms with E-state index in [0.29, 0.717) is 12.8 Å². The first-order valence-electron chi connectivity index (χ1n) is 9.60. The monoisotopic (exact) mass is 431 g/mol. The third kappa shape index (κ3) is 12.3. The first kappa shape index (κ1) is 25.1. The minimum atomic E-state index is -1.15. The molecule has 1 atom stereocenters. The minimum Gasteiger partial charge on any atom is -0.445 e. The predicted molar refractivity (Wildman–Crippen MR) is 111 cm³/mol. The van der Waals surface area contributed by atoms with Gasteiger partial charge < -0.3 is 20.7 Å². The molecule has 0 saturated carbocycles. The lowest BCUT2D eigenvalue weighted by Crippen LogP contribution is -2.49. The van der Waals surface area contributed by atoms with Crippen LogP contribution in [0.3, 0.4) is 0 Å². The number of amides is 3. The van der Waals surface area contributed by atoms with Crippen molar-refractivity contribution < 1.29 is 19.1 Å². The van der Waals surface area contributed by atoms with Gasteiger partial charge in [-0.1, -0.05) is 40.6 Å². The molecule has 3 amide bonds. The number of rotatable bonds is 14. The molecule has 0 bridgehead atoms. The van der Waals surface area contributed by atoms with Gasteiger partial charge in [-0.15, -0.1) is 0 Å². The Morgan fingerprint density at radius 1 is 0.968 bits per heavy atom. The van der Waals surface area contributed by atoms with Crippen LogP contribution < -0.4 is 16.0 Å². The Morgan fingerprint density at radius 3 is 2.19 bits per heavy atom. The fourth-order valence-corrected chi connectivity index (χ4v) is 2.33. The van der Waals surface area contributed by atoms with Crippen molar-refractivity contribution in [1.82, 2.24) is 16.0 Å². The van der Waals surface area contributed by atoms with Gasteiger partial charge in [-0.25, -0.2) is 4.79 Å². The van der Waals surface area contributed by atoms with Crippen LogP contribution in [0.25, 0.3) is 20.9 Å². The van der Waals surface area contributed by atoms with Gasteiger partial charge in [0.2, 0.25) is 11.8 Å². The lowest BCUT2D eigenvalue weighted by molar-refractivity contribution is -0.128. The quantitative estimate of drug-likeness (QED) is 0.176. The first-order chi connectivity index (χ1) is 15.1. The molecule has 0 spiro atoms. The molecule has 3 N–H and O–H groups in total. The SMILES string of the molecule is [N-]=[N+]=NCCCNC(=O)CC(NC(=O)OCc1ccccc1)C(=O)NCCCN=[N+]=[N-]. The van der Waals surface area contributed by atoms with Crippen LogP contribution in [0, 0.1) is 0 Å². The van der Waals surface area contributed by atoms with Crippen LogP contribution in [0.1, 0.15) is 24.8 Å². The van der Waals surface area contributed by atoms with Crippen LogP contribution in [-0.4, -0.2) is 50.1 Å². The number of hydrogen-bond donors (Lipinski definition) is 3. The van der Waals surface area contributed by atoms with Crippen LogP contribution in [0.2, 0.25) is 0 Å². The Kier molecular flexibility index (Phi) is 12.9. The summed E-state index contributed by atoms with van der Waals surface area (Å²) in [7, 11) is 0. The molecule has 13 nitrogen and oxygen atoms in total. The van der Waals surface area contributed by atoms with Crippen LogP contribution in [0.15, 0.2) is 40.6 Å². The van der Waals surface area contributed by atoms with E-state index in [0.717, 1.165) is 5.56 Å². The van der Waals surface area contributed by atoms with Crippen molar-refractivity contribution in [2.75, 3.05) is 26.2 Å². The van der Waals surface area contributed by atoms with Crippen molar-refractivity contribution in [2.45, 2.75) is 31.9 Å². The van der Waals surface area contributed by atoms with E-state index in [-0.39, 0.29) is 39.2 Å². The van der Waals surface area contributed by atoms with E-state index in [9.17, 15) is 14.4 Å².